The lowest BCUT2D eigenvalue weighted by Crippen LogP contribution is -2.44. The number of aliphatic imine (C=N–C) groups is 1. The normalized spacial score (nSPS) is 23.8. The molecule has 0 amide bonds. The topological polar surface area (TPSA) is 24.4 Å². The van der Waals surface area contributed by atoms with Crippen LogP contribution in [0.2, 0.25) is 0 Å². The second-order valence-electron chi connectivity index (χ2n) is 6.38. The van der Waals surface area contributed by atoms with E-state index in [9.17, 15) is 0 Å². The Morgan fingerprint density at radius 1 is 1.35 bits per heavy atom. The van der Waals surface area contributed by atoms with Crippen molar-refractivity contribution in [1.82, 2.24) is 5.32 Å². The maximum atomic E-state index is 4.80. The van der Waals surface area contributed by atoms with Crippen molar-refractivity contribution in [3.8, 4) is 0 Å². The summed E-state index contributed by atoms with van der Waals surface area (Å²) in [5.74, 6) is 1.28. The van der Waals surface area contributed by atoms with Crippen LogP contribution in [-0.2, 0) is 0 Å². The first-order valence-electron chi connectivity index (χ1n) is 7.01. The molecule has 0 aromatic rings. The van der Waals surface area contributed by atoms with E-state index in [2.05, 4.69) is 26.1 Å². The quantitative estimate of drug-likeness (QED) is 0.828. The van der Waals surface area contributed by atoms with Gasteiger partial charge in [-0.25, -0.2) is 0 Å². The Labute approximate surface area is 110 Å². The molecule has 98 valence electrons. The summed E-state index contributed by atoms with van der Waals surface area (Å²) in [5.41, 5.74) is 0.755. The van der Waals surface area contributed by atoms with Crippen molar-refractivity contribution in [2.24, 2.45) is 10.4 Å². The van der Waals surface area contributed by atoms with E-state index in [4.69, 9.17) is 4.99 Å². The predicted molar refractivity (Wildman–Crippen MR) is 77.8 cm³/mol. The van der Waals surface area contributed by atoms with Gasteiger partial charge in [-0.15, -0.1) is 0 Å². The van der Waals surface area contributed by atoms with Crippen LogP contribution in [0.5, 0.6) is 0 Å². The highest BCUT2D eigenvalue weighted by Gasteiger charge is 2.37. The summed E-state index contributed by atoms with van der Waals surface area (Å²) in [5, 5.41) is 4.80. The molecule has 2 rings (SSSR count). The fraction of sp³-hybridized carbons (Fsp3) is 0.929. The number of thioether (sulfide) groups is 1. The lowest BCUT2D eigenvalue weighted by molar-refractivity contribution is 0.355. The van der Waals surface area contributed by atoms with Gasteiger partial charge < -0.3 is 5.32 Å². The molecule has 0 radical (unpaired) electrons. The van der Waals surface area contributed by atoms with Crippen molar-refractivity contribution in [2.45, 2.75) is 64.8 Å². The third-order valence-electron chi connectivity index (χ3n) is 4.06. The molecule has 3 heteroatoms. The summed E-state index contributed by atoms with van der Waals surface area (Å²) in [6.45, 7) is 7.86. The molecule has 0 atom stereocenters. The van der Waals surface area contributed by atoms with Crippen LogP contribution in [0.1, 0.15) is 59.3 Å². The van der Waals surface area contributed by atoms with Crippen molar-refractivity contribution < 1.29 is 0 Å². The standard InChI is InChI=1S/C14H26N2S/c1-4-7-13(2,3)16-12-15-10-14(11-17-12)8-5-6-9-14/h4-11H2,1-3H3,(H,15,16). The second-order valence-corrected chi connectivity index (χ2v) is 7.34. The Bertz CT molecular complexity index is 291. The molecule has 2 aliphatic rings. The Morgan fingerprint density at radius 3 is 2.59 bits per heavy atom. The van der Waals surface area contributed by atoms with Crippen LogP contribution in [0.15, 0.2) is 4.99 Å². The van der Waals surface area contributed by atoms with E-state index in [0.717, 1.165) is 6.54 Å². The number of hydrogen-bond donors (Lipinski definition) is 1. The Kier molecular flexibility index (Phi) is 4.06. The molecule has 1 saturated carbocycles. The first-order chi connectivity index (χ1) is 8.05. The fourth-order valence-electron chi connectivity index (χ4n) is 3.03. The third kappa shape index (κ3) is 3.40. The molecule has 0 saturated heterocycles. The first kappa shape index (κ1) is 13.3. The fourth-order valence-corrected chi connectivity index (χ4v) is 4.36. The zero-order valence-corrected chi connectivity index (χ0v) is 12.3. The van der Waals surface area contributed by atoms with Gasteiger partial charge in [-0.3, -0.25) is 4.99 Å². The summed E-state index contributed by atoms with van der Waals surface area (Å²) in [7, 11) is 0. The molecule has 0 aromatic heterocycles. The average Bonchev–Trinajstić information content (AvgIpc) is 2.70. The highest BCUT2D eigenvalue weighted by Crippen LogP contribution is 2.43. The molecule has 17 heavy (non-hydrogen) atoms. The molecule has 0 bridgehead atoms. The van der Waals surface area contributed by atoms with Crippen LogP contribution >= 0.6 is 11.8 Å². The molecular formula is C14H26N2S. The predicted octanol–water partition coefficient (Wildman–Crippen LogP) is 3.82. The van der Waals surface area contributed by atoms with Crippen molar-refractivity contribution in [3.63, 3.8) is 0 Å². The van der Waals surface area contributed by atoms with Gasteiger partial charge in [0.1, 0.15) is 0 Å². The first-order valence-corrected chi connectivity index (χ1v) is 7.99. The van der Waals surface area contributed by atoms with Crippen molar-refractivity contribution in [2.75, 3.05) is 12.3 Å². The van der Waals surface area contributed by atoms with Gasteiger partial charge in [0.2, 0.25) is 0 Å². The average molecular weight is 254 g/mol. The highest BCUT2D eigenvalue weighted by atomic mass is 32.2. The largest absolute Gasteiger partial charge is 0.360 e. The van der Waals surface area contributed by atoms with Gasteiger partial charge in [0, 0.05) is 17.8 Å². The summed E-state index contributed by atoms with van der Waals surface area (Å²) in [6, 6.07) is 0. The van der Waals surface area contributed by atoms with Gasteiger partial charge in [0.15, 0.2) is 5.17 Å². The number of hydrogen-bond acceptors (Lipinski definition) is 3. The van der Waals surface area contributed by atoms with Crippen molar-refractivity contribution >= 4 is 16.9 Å². The Balaban J connectivity index is 1.90. The Hall–Kier alpha value is -0.180. The molecule has 0 aromatic carbocycles. The van der Waals surface area contributed by atoms with E-state index in [1.165, 1.54) is 49.4 Å². The number of nitrogens with zero attached hydrogens (tertiary/aromatic N) is 1. The van der Waals surface area contributed by atoms with E-state index >= 15 is 0 Å². The summed E-state index contributed by atoms with van der Waals surface area (Å²) in [6.07, 6.45) is 8.06. The van der Waals surface area contributed by atoms with E-state index in [1.807, 2.05) is 11.8 Å². The SMILES string of the molecule is CCCC(C)(C)NC1=NCC2(CCCC2)CS1. The maximum absolute atomic E-state index is 4.80. The monoisotopic (exact) mass is 254 g/mol. The van der Waals surface area contributed by atoms with Gasteiger partial charge >= 0.3 is 0 Å². The number of amidine groups is 1. The summed E-state index contributed by atoms with van der Waals surface area (Å²) < 4.78 is 0. The molecule has 2 nitrogen and oxygen atoms in total. The summed E-state index contributed by atoms with van der Waals surface area (Å²) in [4.78, 5) is 4.80. The van der Waals surface area contributed by atoms with Gasteiger partial charge in [-0.05, 0) is 38.5 Å². The van der Waals surface area contributed by atoms with E-state index in [1.54, 1.807) is 0 Å². The molecule has 1 N–H and O–H groups in total. The molecule has 1 spiro atoms. The van der Waals surface area contributed by atoms with Crippen LogP contribution in [-0.4, -0.2) is 23.0 Å². The number of rotatable bonds is 3. The Morgan fingerprint density at radius 2 is 2.06 bits per heavy atom. The van der Waals surface area contributed by atoms with Gasteiger partial charge in [-0.1, -0.05) is 37.9 Å². The minimum Gasteiger partial charge on any atom is -0.360 e. The van der Waals surface area contributed by atoms with Gasteiger partial charge in [-0.2, -0.15) is 0 Å². The van der Waals surface area contributed by atoms with Crippen molar-refractivity contribution in [1.29, 1.82) is 0 Å². The minimum absolute atomic E-state index is 0.195. The third-order valence-corrected chi connectivity index (χ3v) is 5.32. The van der Waals surface area contributed by atoms with Crippen LogP contribution in [0.25, 0.3) is 0 Å². The van der Waals surface area contributed by atoms with Crippen LogP contribution in [0, 0.1) is 5.41 Å². The van der Waals surface area contributed by atoms with E-state index < -0.39 is 0 Å². The minimum atomic E-state index is 0.195. The molecule has 1 aliphatic heterocycles. The van der Waals surface area contributed by atoms with Gasteiger partial charge in [0.05, 0.1) is 0 Å². The molecule has 0 unspecified atom stereocenters. The zero-order valence-electron chi connectivity index (χ0n) is 11.5. The molecule has 1 aliphatic carbocycles. The van der Waals surface area contributed by atoms with Gasteiger partial charge in [0.25, 0.3) is 0 Å². The molecular weight excluding hydrogens is 228 g/mol. The van der Waals surface area contributed by atoms with E-state index in [0.29, 0.717) is 5.41 Å². The summed E-state index contributed by atoms with van der Waals surface area (Å²) >= 11 is 1.95. The molecule has 1 fully saturated rings. The highest BCUT2D eigenvalue weighted by molar-refractivity contribution is 8.13. The lowest BCUT2D eigenvalue weighted by atomic mass is 9.89. The lowest BCUT2D eigenvalue weighted by Gasteiger charge is -2.34. The maximum Gasteiger partial charge on any atom is 0.156 e. The zero-order chi connectivity index (χ0) is 12.4. The van der Waals surface area contributed by atoms with Crippen LogP contribution in [0.3, 0.4) is 0 Å². The van der Waals surface area contributed by atoms with Crippen molar-refractivity contribution in [3.05, 3.63) is 0 Å². The second kappa shape index (κ2) is 5.21. The van der Waals surface area contributed by atoms with E-state index in [-0.39, 0.29) is 5.54 Å². The van der Waals surface area contributed by atoms with Crippen LogP contribution < -0.4 is 5.32 Å². The smallest absolute Gasteiger partial charge is 0.156 e. The molecule has 1 heterocycles. The number of nitrogens with one attached hydrogen (secondary N) is 1. The van der Waals surface area contributed by atoms with Crippen LogP contribution in [0.4, 0.5) is 0 Å².